The number of aromatic nitrogens is 1. The highest BCUT2D eigenvalue weighted by Gasteiger charge is 2.38. The summed E-state index contributed by atoms with van der Waals surface area (Å²) in [7, 11) is 0. The second-order valence-electron chi connectivity index (χ2n) is 7.52. The van der Waals surface area contributed by atoms with Gasteiger partial charge in [0.05, 0.1) is 30.5 Å². The minimum absolute atomic E-state index is 0. The molecule has 0 aromatic carbocycles. The van der Waals surface area contributed by atoms with Gasteiger partial charge < -0.3 is 15.4 Å². The highest BCUT2D eigenvalue weighted by molar-refractivity contribution is 14.0. The molecule has 2 heterocycles. The van der Waals surface area contributed by atoms with Crippen LogP contribution in [-0.2, 0) is 17.7 Å². The third-order valence-electron chi connectivity index (χ3n) is 5.70. The van der Waals surface area contributed by atoms with Crippen LogP contribution >= 0.6 is 35.3 Å². The van der Waals surface area contributed by atoms with Crippen molar-refractivity contribution in [1.29, 1.82) is 0 Å². The summed E-state index contributed by atoms with van der Waals surface area (Å²) in [5.74, 6) is 0.904. The summed E-state index contributed by atoms with van der Waals surface area (Å²) >= 11 is 1.73. The van der Waals surface area contributed by atoms with E-state index in [4.69, 9.17) is 9.73 Å². The molecule has 0 radical (unpaired) electrons. The van der Waals surface area contributed by atoms with E-state index < -0.39 is 0 Å². The van der Waals surface area contributed by atoms with Crippen molar-refractivity contribution in [2.45, 2.75) is 64.5 Å². The molecule has 0 unspecified atom stereocenters. The second kappa shape index (κ2) is 12.3. The lowest BCUT2D eigenvalue weighted by molar-refractivity contribution is -0.0352. The molecule has 0 amide bonds. The maximum atomic E-state index is 5.59. The van der Waals surface area contributed by atoms with Gasteiger partial charge in [-0.2, -0.15) is 0 Å². The van der Waals surface area contributed by atoms with Gasteiger partial charge in [0.15, 0.2) is 5.96 Å². The summed E-state index contributed by atoms with van der Waals surface area (Å²) in [5.41, 5.74) is 1.31. The number of aryl methyl sites for hydroxylation is 1. The van der Waals surface area contributed by atoms with E-state index >= 15 is 0 Å². The van der Waals surface area contributed by atoms with E-state index in [1.54, 1.807) is 11.3 Å². The topological polar surface area (TPSA) is 61.8 Å². The Balaban J connectivity index is 0.00000280. The fraction of sp³-hybridized carbons (Fsp3) is 0.800. The van der Waals surface area contributed by atoms with Gasteiger partial charge in [0.25, 0.3) is 0 Å². The van der Waals surface area contributed by atoms with E-state index in [1.807, 2.05) is 0 Å². The molecular formula is C20H36IN5OS. The zero-order valence-corrected chi connectivity index (χ0v) is 20.5. The predicted octanol–water partition coefficient (Wildman–Crippen LogP) is 3.41. The van der Waals surface area contributed by atoms with Gasteiger partial charge in [-0.3, -0.25) is 4.90 Å². The van der Waals surface area contributed by atoms with Gasteiger partial charge in [-0.25, -0.2) is 9.98 Å². The Morgan fingerprint density at radius 2 is 1.96 bits per heavy atom. The molecule has 1 saturated heterocycles. The molecule has 160 valence electrons. The predicted molar refractivity (Wildman–Crippen MR) is 128 cm³/mol. The van der Waals surface area contributed by atoms with E-state index in [1.165, 1.54) is 37.1 Å². The molecule has 0 spiro atoms. The largest absolute Gasteiger partial charge is 0.379 e. The second-order valence-corrected chi connectivity index (χ2v) is 8.46. The molecule has 2 fully saturated rings. The first kappa shape index (κ1) is 23.8. The number of thiazole rings is 1. The number of rotatable bonds is 7. The summed E-state index contributed by atoms with van der Waals surface area (Å²) in [6, 6.07) is 0. The highest BCUT2D eigenvalue weighted by atomic mass is 127. The zero-order chi connectivity index (χ0) is 19.0. The number of aliphatic imine (C=N–C) groups is 1. The van der Waals surface area contributed by atoms with Crippen LogP contribution in [0.25, 0.3) is 0 Å². The van der Waals surface area contributed by atoms with Gasteiger partial charge in [0.1, 0.15) is 0 Å². The van der Waals surface area contributed by atoms with E-state index in [2.05, 4.69) is 39.7 Å². The van der Waals surface area contributed by atoms with E-state index in [0.717, 1.165) is 57.5 Å². The third kappa shape index (κ3) is 6.53. The van der Waals surface area contributed by atoms with E-state index in [0.29, 0.717) is 6.54 Å². The van der Waals surface area contributed by atoms with Gasteiger partial charge in [-0.05, 0) is 26.2 Å². The Morgan fingerprint density at radius 3 is 2.61 bits per heavy atom. The number of halogens is 1. The quantitative estimate of drug-likeness (QED) is 0.327. The van der Waals surface area contributed by atoms with Crippen LogP contribution in [0.15, 0.2) is 10.4 Å². The first-order valence-corrected chi connectivity index (χ1v) is 11.4. The summed E-state index contributed by atoms with van der Waals surface area (Å²) in [6.07, 6.45) is 7.55. The first-order valence-electron chi connectivity index (χ1n) is 10.5. The van der Waals surface area contributed by atoms with Crippen LogP contribution in [0.4, 0.5) is 0 Å². The van der Waals surface area contributed by atoms with Crippen molar-refractivity contribution in [2.75, 3.05) is 39.4 Å². The van der Waals surface area contributed by atoms with Crippen LogP contribution in [0.3, 0.4) is 0 Å². The summed E-state index contributed by atoms with van der Waals surface area (Å²) in [5, 5.41) is 10.4. The van der Waals surface area contributed by atoms with Gasteiger partial charge in [-0.1, -0.05) is 26.2 Å². The molecule has 1 aliphatic heterocycles. The van der Waals surface area contributed by atoms with Crippen LogP contribution in [0.5, 0.6) is 0 Å². The summed E-state index contributed by atoms with van der Waals surface area (Å²) in [6.45, 7) is 10.5. The van der Waals surface area contributed by atoms with Gasteiger partial charge in [0, 0.05) is 37.1 Å². The molecule has 2 aliphatic rings. The molecule has 8 heteroatoms. The van der Waals surface area contributed by atoms with Crippen LogP contribution in [0, 0.1) is 0 Å². The van der Waals surface area contributed by atoms with Crippen LogP contribution in [0.1, 0.15) is 56.7 Å². The molecule has 3 rings (SSSR count). The first-order chi connectivity index (χ1) is 13.3. The van der Waals surface area contributed by atoms with Crippen molar-refractivity contribution in [3.8, 4) is 0 Å². The molecule has 6 nitrogen and oxygen atoms in total. The van der Waals surface area contributed by atoms with Crippen LogP contribution in [0.2, 0.25) is 0 Å². The fourth-order valence-electron chi connectivity index (χ4n) is 4.19. The molecule has 2 N–H and O–H groups in total. The molecular weight excluding hydrogens is 485 g/mol. The maximum Gasteiger partial charge on any atom is 0.191 e. The Bertz CT molecular complexity index is 597. The Labute approximate surface area is 190 Å². The number of morpholine rings is 1. The minimum atomic E-state index is 0. The van der Waals surface area contributed by atoms with Gasteiger partial charge >= 0.3 is 0 Å². The standard InChI is InChI=1S/C20H35N5OS.HI/c1-3-18-24-17(15-27-18)14-22-19(21-4-2)23-16-20(8-6-5-7-9-20)25-10-12-26-13-11-25;/h15H,3-14,16H2,1-2H3,(H2,21,22,23);1H. The van der Waals surface area contributed by atoms with Crippen LogP contribution in [-0.4, -0.2) is 60.8 Å². The summed E-state index contributed by atoms with van der Waals surface area (Å²) in [4.78, 5) is 12.1. The molecule has 1 aromatic heterocycles. The van der Waals surface area contributed by atoms with E-state index in [-0.39, 0.29) is 29.5 Å². The van der Waals surface area contributed by atoms with Crippen LogP contribution < -0.4 is 10.6 Å². The third-order valence-corrected chi connectivity index (χ3v) is 6.74. The SMILES string of the molecule is CCNC(=NCc1csc(CC)n1)NCC1(N2CCOCC2)CCCCC1.I. The molecule has 28 heavy (non-hydrogen) atoms. The lowest BCUT2D eigenvalue weighted by Crippen LogP contribution is -2.60. The van der Waals surface area contributed by atoms with Crippen molar-refractivity contribution in [3.05, 3.63) is 16.1 Å². The van der Waals surface area contributed by atoms with Crippen molar-refractivity contribution in [2.24, 2.45) is 4.99 Å². The maximum absolute atomic E-state index is 5.59. The smallest absolute Gasteiger partial charge is 0.191 e. The van der Waals surface area contributed by atoms with Crippen molar-refractivity contribution >= 4 is 41.3 Å². The number of hydrogen-bond donors (Lipinski definition) is 2. The number of nitrogens with zero attached hydrogens (tertiary/aromatic N) is 3. The van der Waals surface area contributed by atoms with E-state index in [9.17, 15) is 0 Å². The Hall–Kier alpha value is -0.450. The average molecular weight is 522 g/mol. The highest BCUT2D eigenvalue weighted by Crippen LogP contribution is 2.33. The molecule has 0 atom stereocenters. The normalized spacial score (nSPS) is 20.4. The van der Waals surface area contributed by atoms with Crippen molar-refractivity contribution in [3.63, 3.8) is 0 Å². The minimum Gasteiger partial charge on any atom is -0.379 e. The number of guanidine groups is 1. The number of nitrogens with one attached hydrogen (secondary N) is 2. The lowest BCUT2D eigenvalue weighted by atomic mass is 9.80. The molecule has 0 bridgehead atoms. The number of hydrogen-bond acceptors (Lipinski definition) is 5. The lowest BCUT2D eigenvalue weighted by Gasteiger charge is -2.48. The molecule has 1 saturated carbocycles. The van der Waals surface area contributed by atoms with Crippen molar-refractivity contribution < 1.29 is 4.74 Å². The monoisotopic (exact) mass is 521 g/mol. The fourth-order valence-corrected chi connectivity index (χ4v) is 4.92. The molecule has 1 aliphatic carbocycles. The molecule has 1 aromatic rings. The van der Waals surface area contributed by atoms with Gasteiger partial charge in [0.2, 0.25) is 0 Å². The number of ether oxygens (including phenoxy) is 1. The van der Waals surface area contributed by atoms with Gasteiger partial charge in [-0.15, -0.1) is 35.3 Å². The zero-order valence-electron chi connectivity index (χ0n) is 17.3. The Kier molecular flexibility index (Phi) is 10.5. The summed E-state index contributed by atoms with van der Waals surface area (Å²) < 4.78 is 5.59. The van der Waals surface area contributed by atoms with Crippen molar-refractivity contribution in [1.82, 2.24) is 20.5 Å². The average Bonchev–Trinajstić information content (AvgIpc) is 3.19. The Morgan fingerprint density at radius 1 is 1.21 bits per heavy atom.